The molecule has 88 valence electrons. The molecular formula is C12H17FN2O. The van der Waals surface area contributed by atoms with E-state index in [1.54, 1.807) is 6.07 Å². The Morgan fingerprint density at radius 2 is 2.19 bits per heavy atom. The predicted molar refractivity (Wildman–Crippen MR) is 63.2 cm³/mol. The van der Waals surface area contributed by atoms with Gasteiger partial charge in [0.15, 0.2) is 11.6 Å². The molecule has 4 heteroatoms. The Labute approximate surface area is 94.8 Å². The number of nitrogens with one attached hydrogen (secondary N) is 1. The predicted octanol–water partition coefficient (Wildman–Crippen LogP) is 2.63. The zero-order chi connectivity index (χ0) is 11.7. The van der Waals surface area contributed by atoms with E-state index in [0.29, 0.717) is 11.7 Å². The van der Waals surface area contributed by atoms with E-state index in [-0.39, 0.29) is 5.75 Å². The van der Waals surface area contributed by atoms with Crippen molar-refractivity contribution in [1.29, 1.82) is 0 Å². The maximum atomic E-state index is 13.3. The Morgan fingerprint density at radius 1 is 1.50 bits per heavy atom. The van der Waals surface area contributed by atoms with Gasteiger partial charge in [0.2, 0.25) is 0 Å². The molecule has 1 atom stereocenters. The topological polar surface area (TPSA) is 47.3 Å². The minimum atomic E-state index is -0.426. The van der Waals surface area contributed by atoms with Gasteiger partial charge in [0, 0.05) is 18.2 Å². The normalized spacial score (nSPS) is 16.9. The van der Waals surface area contributed by atoms with E-state index < -0.39 is 5.82 Å². The van der Waals surface area contributed by atoms with Gasteiger partial charge in [0.25, 0.3) is 0 Å². The van der Waals surface area contributed by atoms with Crippen molar-refractivity contribution in [3.8, 4) is 5.75 Å². The molecule has 1 aliphatic carbocycles. The van der Waals surface area contributed by atoms with Gasteiger partial charge >= 0.3 is 0 Å². The summed E-state index contributed by atoms with van der Waals surface area (Å²) in [5, 5.41) is 3.30. The molecule has 0 aromatic heterocycles. The van der Waals surface area contributed by atoms with Gasteiger partial charge < -0.3 is 15.8 Å². The van der Waals surface area contributed by atoms with Crippen LogP contribution >= 0.6 is 0 Å². The maximum Gasteiger partial charge on any atom is 0.167 e. The molecule has 16 heavy (non-hydrogen) atoms. The zero-order valence-electron chi connectivity index (χ0n) is 9.59. The van der Waals surface area contributed by atoms with Gasteiger partial charge in [-0.1, -0.05) is 0 Å². The Balaban J connectivity index is 2.18. The van der Waals surface area contributed by atoms with Gasteiger partial charge in [0.1, 0.15) is 0 Å². The van der Waals surface area contributed by atoms with E-state index in [1.165, 1.54) is 26.0 Å². The molecule has 1 aromatic carbocycles. The third-order valence-electron chi connectivity index (χ3n) is 3.04. The van der Waals surface area contributed by atoms with Crippen LogP contribution in [0.4, 0.5) is 15.8 Å². The second-order valence-electron chi connectivity index (χ2n) is 4.34. The first-order chi connectivity index (χ1) is 7.61. The summed E-state index contributed by atoms with van der Waals surface area (Å²) >= 11 is 0. The summed E-state index contributed by atoms with van der Waals surface area (Å²) in [7, 11) is 1.45. The van der Waals surface area contributed by atoms with Gasteiger partial charge in [-0.25, -0.2) is 4.39 Å². The monoisotopic (exact) mass is 224 g/mol. The van der Waals surface area contributed by atoms with Crippen LogP contribution in [0.1, 0.15) is 19.8 Å². The van der Waals surface area contributed by atoms with Gasteiger partial charge in [-0.15, -0.1) is 0 Å². The number of rotatable bonds is 4. The van der Waals surface area contributed by atoms with Crippen molar-refractivity contribution in [3.05, 3.63) is 17.9 Å². The minimum absolute atomic E-state index is 0.222. The minimum Gasteiger partial charge on any atom is -0.494 e. The maximum absolute atomic E-state index is 13.3. The highest BCUT2D eigenvalue weighted by atomic mass is 19.1. The van der Waals surface area contributed by atoms with E-state index in [1.807, 2.05) is 0 Å². The summed E-state index contributed by atoms with van der Waals surface area (Å²) < 4.78 is 18.2. The lowest BCUT2D eigenvalue weighted by Gasteiger charge is -2.17. The molecule has 3 N–H and O–H groups in total. The fraction of sp³-hybridized carbons (Fsp3) is 0.500. The molecular weight excluding hydrogens is 207 g/mol. The van der Waals surface area contributed by atoms with E-state index in [2.05, 4.69) is 12.2 Å². The molecule has 1 aliphatic rings. The van der Waals surface area contributed by atoms with Crippen molar-refractivity contribution < 1.29 is 9.13 Å². The van der Waals surface area contributed by atoms with Crippen molar-refractivity contribution in [2.45, 2.75) is 25.8 Å². The first-order valence-corrected chi connectivity index (χ1v) is 5.51. The molecule has 1 aromatic rings. The number of halogens is 1. The van der Waals surface area contributed by atoms with Crippen molar-refractivity contribution >= 4 is 11.4 Å². The molecule has 0 heterocycles. The average Bonchev–Trinajstić information content (AvgIpc) is 3.05. The molecule has 0 radical (unpaired) electrons. The average molecular weight is 224 g/mol. The summed E-state index contributed by atoms with van der Waals surface area (Å²) in [6.45, 7) is 2.12. The lowest BCUT2D eigenvalue weighted by Crippen LogP contribution is -2.18. The molecule has 3 nitrogen and oxygen atoms in total. The number of hydrogen-bond donors (Lipinski definition) is 2. The van der Waals surface area contributed by atoms with Crippen molar-refractivity contribution in [1.82, 2.24) is 0 Å². The lowest BCUT2D eigenvalue weighted by molar-refractivity contribution is 0.387. The molecule has 2 rings (SSSR count). The molecule has 0 spiro atoms. The Kier molecular flexibility index (Phi) is 2.90. The number of methoxy groups -OCH3 is 1. The number of hydrogen-bond acceptors (Lipinski definition) is 3. The summed E-state index contributed by atoms with van der Waals surface area (Å²) in [4.78, 5) is 0. The molecule has 0 aliphatic heterocycles. The summed E-state index contributed by atoms with van der Waals surface area (Å²) in [6.07, 6.45) is 2.51. The van der Waals surface area contributed by atoms with Gasteiger partial charge in [0.05, 0.1) is 18.5 Å². The highest BCUT2D eigenvalue weighted by Gasteiger charge is 2.28. The molecule has 1 saturated carbocycles. The lowest BCUT2D eigenvalue weighted by atomic mass is 10.2. The number of benzene rings is 1. The van der Waals surface area contributed by atoms with Crippen molar-refractivity contribution in [2.24, 2.45) is 5.92 Å². The summed E-state index contributed by atoms with van der Waals surface area (Å²) in [6, 6.07) is 3.28. The number of nitrogen functional groups attached to an aromatic ring is 1. The number of nitrogens with two attached hydrogens (primary N) is 1. The molecule has 0 saturated heterocycles. The standard InChI is InChI=1S/C12H17FN2O/c1-7(8-3-4-8)15-11-6-12(16-2)9(13)5-10(11)14/h5-8,15H,3-4,14H2,1-2H3. The first-order valence-electron chi connectivity index (χ1n) is 5.51. The van der Waals surface area contributed by atoms with E-state index in [9.17, 15) is 4.39 Å². The smallest absolute Gasteiger partial charge is 0.167 e. The second kappa shape index (κ2) is 4.20. The highest BCUT2D eigenvalue weighted by molar-refractivity contribution is 5.69. The van der Waals surface area contributed by atoms with Gasteiger partial charge in [-0.3, -0.25) is 0 Å². The van der Waals surface area contributed by atoms with Crippen molar-refractivity contribution in [3.63, 3.8) is 0 Å². The largest absolute Gasteiger partial charge is 0.494 e. The van der Waals surface area contributed by atoms with Crippen LogP contribution in [0.5, 0.6) is 5.75 Å². The van der Waals surface area contributed by atoms with Crippen LogP contribution in [-0.2, 0) is 0 Å². The van der Waals surface area contributed by atoms with E-state index >= 15 is 0 Å². The summed E-state index contributed by atoms with van der Waals surface area (Å²) in [5.41, 5.74) is 6.93. The van der Waals surface area contributed by atoms with Crippen LogP contribution in [-0.4, -0.2) is 13.2 Å². The summed E-state index contributed by atoms with van der Waals surface area (Å²) in [5.74, 6) is 0.514. The van der Waals surface area contributed by atoms with Crippen LogP contribution in [0.15, 0.2) is 12.1 Å². The molecule has 0 amide bonds. The van der Waals surface area contributed by atoms with Crippen LogP contribution < -0.4 is 15.8 Å². The fourth-order valence-corrected chi connectivity index (χ4v) is 1.81. The SMILES string of the molecule is COc1cc(NC(C)C2CC2)c(N)cc1F. The second-order valence-corrected chi connectivity index (χ2v) is 4.34. The van der Waals surface area contributed by atoms with Crippen molar-refractivity contribution in [2.75, 3.05) is 18.2 Å². The van der Waals surface area contributed by atoms with E-state index in [0.717, 1.165) is 11.6 Å². The molecule has 0 bridgehead atoms. The zero-order valence-corrected chi connectivity index (χ0v) is 9.59. The quantitative estimate of drug-likeness (QED) is 0.773. The van der Waals surface area contributed by atoms with Gasteiger partial charge in [-0.05, 0) is 25.7 Å². The van der Waals surface area contributed by atoms with Gasteiger partial charge in [-0.2, -0.15) is 0 Å². The molecule has 1 unspecified atom stereocenters. The van der Waals surface area contributed by atoms with Crippen LogP contribution in [0.2, 0.25) is 0 Å². The third kappa shape index (κ3) is 2.21. The Morgan fingerprint density at radius 3 is 2.75 bits per heavy atom. The highest BCUT2D eigenvalue weighted by Crippen LogP contribution is 2.36. The van der Waals surface area contributed by atoms with Crippen LogP contribution in [0.25, 0.3) is 0 Å². The van der Waals surface area contributed by atoms with Crippen LogP contribution in [0.3, 0.4) is 0 Å². The Bertz CT molecular complexity index is 391. The van der Waals surface area contributed by atoms with E-state index in [4.69, 9.17) is 10.5 Å². The first kappa shape index (κ1) is 11.0. The van der Waals surface area contributed by atoms with Crippen LogP contribution in [0, 0.1) is 11.7 Å². The Hall–Kier alpha value is -1.45. The third-order valence-corrected chi connectivity index (χ3v) is 3.04. The fourth-order valence-electron chi connectivity index (χ4n) is 1.81. The molecule has 1 fully saturated rings. The number of anilines is 2. The number of ether oxygens (including phenoxy) is 1.